The molecule has 82 valence electrons. The van der Waals surface area contributed by atoms with Gasteiger partial charge in [0.1, 0.15) is 6.61 Å². The highest BCUT2D eigenvalue weighted by atomic mass is 16.5. The van der Waals surface area contributed by atoms with Gasteiger partial charge in [0, 0.05) is 6.61 Å². The van der Waals surface area contributed by atoms with E-state index in [0.29, 0.717) is 6.10 Å². The van der Waals surface area contributed by atoms with Crippen molar-refractivity contribution in [3.63, 3.8) is 0 Å². The molecular formula is C10H18O4. The van der Waals surface area contributed by atoms with Crippen molar-refractivity contribution in [2.24, 2.45) is 0 Å². The summed E-state index contributed by atoms with van der Waals surface area (Å²) in [5, 5.41) is 8.43. The molecule has 4 nitrogen and oxygen atoms in total. The summed E-state index contributed by atoms with van der Waals surface area (Å²) < 4.78 is 10.7. The van der Waals surface area contributed by atoms with Gasteiger partial charge in [-0.15, -0.1) is 0 Å². The van der Waals surface area contributed by atoms with E-state index < -0.39 is 5.97 Å². The van der Waals surface area contributed by atoms with E-state index in [0.717, 1.165) is 32.3 Å². The van der Waals surface area contributed by atoms with Crippen LogP contribution in [0.25, 0.3) is 0 Å². The molecule has 0 amide bonds. The first-order chi connectivity index (χ1) is 6.72. The minimum atomic E-state index is -0.892. The normalized spacial score (nSPS) is 27.5. The van der Waals surface area contributed by atoms with E-state index in [1.165, 1.54) is 0 Å². The number of rotatable bonds is 5. The van der Waals surface area contributed by atoms with Crippen molar-refractivity contribution < 1.29 is 19.4 Å². The van der Waals surface area contributed by atoms with Crippen LogP contribution in [-0.2, 0) is 14.3 Å². The lowest BCUT2D eigenvalue weighted by molar-refractivity contribution is -0.145. The average molecular weight is 202 g/mol. The molecule has 1 fully saturated rings. The van der Waals surface area contributed by atoms with Crippen molar-refractivity contribution in [2.45, 2.75) is 44.8 Å². The third kappa shape index (κ3) is 4.07. The van der Waals surface area contributed by atoms with Crippen molar-refractivity contribution in [1.82, 2.24) is 0 Å². The number of ether oxygens (including phenoxy) is 2. The van der Waals surface area contributed by atoms with Crippen LogP contribution in [0, 0.1) is 0 Å². The second-order valence-corrected chi connectivity index (χ2v) is 3.56. The molecule has 1 saturated carbocycles. The molecule has 0 atom stereocenters. The lowest BCUT2D eigenvalue weighted by atomic mass is 9.95. The van der Waals surface area contributed by atoms with Crippen molar-refractivity contribution in [1.29, 1.82) is 0 Å². The minimum absolute atomic E-state index is 0.114. The van der Waals surface area contributed by atoms with Crippen LogP contribution >= 0.6 is 0 Å². The Hall–Kier alpha value is -0.610. The number of carboxylic acid groups (broad SMARTS) is 1. The number of aliphatic carboxylic acids is 1. The Morgan fingerprint density at radius 1 is 1.21 bits per heavy atom. The monoisotopic (exact) mass is 202 g/mol. The van der Waals surface area contributed by atoms with Gasteiger partial charge in [-0.2, -0.15) is 0 Å². The van der Waals surface area contributed by atoms with Crippen molar-refractivity contribution in [2.75, 3.05) is 13.2 Å². The molecule has 0 saturated heterocycles. The summed E-state index contributed by atoms with van der Waals surface area (Å²) in [5.74, 6) is -0.892. The van der Waals surface area contributed by atoms with E-state index in [9.17, 15) is 4.79 Å². The molecule has 14 heavy (non-hydrogen) atoms. The zero-order chi connectivity index (χ0) is 10.4. The number of carboxylic acids is 1. The number of hydrogen-bond donors (Lipinski definition) is 1. The summed E-state index contributed by atoms with van der Waals surface area (Å²) in [7, 11) is 0. The largest absolute Gasteiger partial charge is 0.480 e. The van der Waals surface area contributed by atoms with Crippen LogP contribution in [0.1, 0.15) is 32.6 Å². The number of hydrogen-bond acceptors (Lipinski definition) is 3. The Morgan fingerprint density at radius 3 is 2.14 bits per heavy atom. The fourth-order valence-corrected chi connectivity index (χ4v) is 1.79. The zero-order valence-corrected chi connectivity index (χ0v) is 8.57. The molecule has 0 heterocycles. The molecule has 0 radical (unpaired) electrons. The lowest BCUT2D eigenvalue weighted by Gasteiger charge is -2.27. The number of carbonyl (C=O) groups is 1. The highest BCUT2D eigenvalue weighted by Gasteiger charge is 2.22. The Labute approximate surface area is 84.2 Å². The first kappa shape index (κ1) is 11.5. The van der Waals surface area contributed by atoms with E-state index in [1.807, 2.05) is 6.92 Å². The fraction of sp³-hybridized carbons (Fsp3) is 0.900. The predicted octanol–water partition coefficient (Wildman–Crippen LogP) is 1.44. The first-order valence-electron chi connectivity index (χ1n) is 5.17. The molecule has 1 aliphatic rings. The van der Waals surface area contributed by atoms with Gasteiger partial charge in [-0.05, 0) is 32.6 Å². The minimum Gasteiger partial charge on any atom is -0.480 e. The van der Waals surface area contributed by atoms with Crippen LogP contribution in [-0.4, -0.2) is 36.5 Å². The molecule has 0 aliphatic heterocycles. The third-order valence-corrected chi connectivity index (χ3v) is 2.47. The molecule has 1 aliphatic carbocycles. The summed E-state index contributed by atoms with van der Waals surface area (Å²) >= 11 is 0. The SMILES string of the molecule is CCOC1CCC(OCC(=O)O)CC1. The van der Waals surface area contributed by atoms with Gasteiger partial charge in [-0.25, -0.2) is 4.79 Å². The second kappa shape index (κ2) is 5.98. The Balaban J connectivity index is 2.12. The lowest BCUT2D eigenvalue weighted by Crippen LogP contribution is -2.28. The van der Waals surface area contributed by atoms with Crippen LogP contribution in [0.15, 0.2) is 0 Å². The van der Waals surface area contributed by atoms with Crippen LogP contribution in [0.3, 0.4) is 0 Å². The maximum atomic E-state index is 10.3. The van der Waals surface area contributed by atoms with Crippen LogP contribution in [0.4, 0.5) is 0 Å². The smallest absolute Gasteiger partial charge is 0.329 e. The Kier molecular flexibility index (Phi) is 4.90. The highest BCUT2D eigenvalue weighted by molar-refractivity contribution is 5.68. The summed E-state index contributed by atoms with van der Waals surface area (Å²) in [4.78, 5) is 10.3. The molecule has 0 unspecified atom stereocenters. The summed E-state index contributed by atoms with van der Waals surface area (Å²) in [6.45, 7) is 2.57. The molecule has 0 bridgehead atoms. The summed E-state index contributed by atoms with van der Waals surface area (Å²) in [5.41, 5.74) is 0. The molecule has 0 spiro atoms. The topological polar surface area (TPSA) is 55.8 Å². The molecule has 1 N–H and O–H groups in total. The molecule has 0 aromatic heterocycles. The van der Waals surface area contributed by atoms with Crippen LogP contribution < -0.4 is 0 Å². The van der Waals surface area contributed by atoms with E-state index >= 15 is 0 Å². The van der Waals surface area contributed by atoms with Gasteiger partial charge in [0.05, 0.1) is 12.2 Å². The van der Waals surface area contributed by atoms with Crippen molar-refractivity contribution in [3.8, 4) is 0 Å². The Morgan fingerprint density at radius 2 is 1.71 bits per heavy atom. The van der Waals surface area contributed by atoms with Crippen molar-refractivity contribution in [3.05, 3.63) is 0 Å². The standard InChI is InChI=1S/C10H18O4/c1-2-13-8-3-5-9(6-4-8)14-7-10(11)12/h8-9H,2-7H2,1H3,(H,11,12). The van der Waals surface area contributed by atoms with Crippen LogP contribution in [0.5, 0.6) is 0 Å². The Bertz CT molecular complexity index is 173. The second-order valence-electron chi connectivity index (χ2n) is 3.56. The highest BCUT2D eigenvalue weighted by Crippen LogP contribution is 2.23. The summed E-state index contributed by atoms with van der Waals surface area (Å²) in [6, 6.07) is 0. The average Bonchev–Trinajstić information content (AvgIpc) is 2.17. The molecular weight excluding hydrogens is 184 g/mol. The van der Waals surface area contributed by atoms with Gasteiger partial charge in [-0.3, -0.25) is 0 Å². The fourth-order valence-electron chi connectivity index (χ4n) is 1.79. The quantitative estimate of drug-likeness (QED) is 0.732. The maximum absolute atomic E-state index is 10.3. The van der Waals surface area contributed by atoms with Gasteiger partial charge >= 0.3 is 5.97 Å². The van der Waals surface area contributed by atoms with Gasteiger partial charge in [0.2, 0.25) is 0 Å². The predicted molar refractivity (Wildman–Crippen MR) is 51.3 cm³/mol. The van der Waals surface area contributed by atoms with Gasteiger partial charge in [0.15, 0.2) is 0 Å². The maximum Gasteiger partial charge on any atom is 0.329 e. The van der Waals surface area contributed by atoms with E-state index in [2.05, 4.69) is 0 Å². The molecule has 1 rings (SSSR count). The third-order valence-electron chi connectivity index (χ3n) is 2.47. The molecule has 4 heteroatoms. The molecule has 0 aromatic carbocycles. The van der Waals surface area contributed by atoms with E-state index in [1.54, 1.807) is 0 Å². The van der Waals surface area contributed by atoms with E-state index in [4.69, 9.17) is 14.6 Å². The summed E-state index contributed by atoms with van der Waals surface area (Å²) in [6.07, 6.45) is 4.26. The van der Waals surface area contributed by atoms with Gasteiger partial charge < -0.3 is 14.6 Å². The van der Waals surface area contributed by atoms with Gasteiger partial charge in [-0.1, -0.05) is 0 Å². The first-order valence-corrected chi connectivity index (χ1v) is 5.17. The van der Waals surface area contributed by atoms with Crippen molar-refractivity contribution >= 4 is 5.97 Å². The van der Waals surface area contributed by atoms with Gasteiger partial charge in [0.25, 0.3) is 0 Å². The zero-order valence-electron chi connectivity index (χ0n) is 8.57. The molecule has 0 aromatic rings. The van der Waals surface area contributed by atoms with Crippen LogP contribution in [0.2, 0.25) is 0 Å². The van der Waals surface area contributed by atoms with E-state index in [-0.39, 0.29) is 12.7 Å².